The number of nitrogens with one attached hydrogen (secondary N) is 1. The molecule has 9 heteroatoms. The molecule has 0 aliphatic heterocycles. The van der Waals surface area contributed by atoms with Crippen LogP contribution in [0.4, 0.5) is 0 Å². The highest BCUT2D eigenvalue weighted by atomic mass is 32.3. The van der Waals surface area contributed by atoms with Crippen molar-refractivity contribution in [3.8, 4) is 0 Å². The summed E-state index contributed by atoms with van der Waals surface area (Å²) in [5.74, 6) is -1.14. The molecule has 0 aromatic heterocycles. The molecule has 2 N–H and O–H groups in total. The van der Waals surface area contributed by atoms with Gasteiger partial charge in [-0.25, -0.2) is 21.6 Å². The predicted octanol–water partition coefficient (Wildman–Crippen LogP) is 0.187. The molecule has 7 nitrogen and oxygen atoms in total. The van der Waals surface area contributed by atoms with Gasteiger partial charge in [0.05, 0.1) is 6.42 Å². The van der Waals surface area contributed by atoms with Crippen molar-refractivity contribution in [1.82, 2.24) is 4.72 Å². The predicted molar refractivity (Wildman–Crippen MR) is 71.9 cm³/mol. The van der Waals surface area contributed by atoms with Gasteiger partial charge in [-0.05, 0) is 11.8 Å². The molecule has 0 aromatic rings. The van der Waals surface area contributed by atoms with Crippen LogP contribution >= 0.6 is 0 Å². The third-order valence-corrected chi connectivity index (χ3v) is 5.64. The zero-order chi connectivity index (χ0) is 15.5. The standard InChI is InChI=1S/C10H21NO6S2/c1-10(2,3)6-8(5-9(12)13)11-19(16,17)7-18(4,14)15/h8,11H,5-7H2,1-4H3,(H,12,13). The largest absolute Gasteiger partial charge is 0.481 e. The number of sulfonamides is 1. The highest BCUT2D eigenvalue weighted by Crippen LogP contribution is 2.22. The third kappa shape index (κ3) is 10.9. The van der Waals surface area contributed by atoms with E-state index in [1.165, 1.54) is 0 Å². The normalized spacial score (nSPS) is 15.2. The Balaban J connectivity index is 4.96. The van der Waals surface area contributed by atoms with Crippen molar-refractivity contribution in [3.63, 3.8) is 0 Å². The quantitative estimate of drug-likeness (QED) is 0.692. The SMILES string of the molecule is CC(C)(C)CC(CC(=O)O)NS(=O)(=O)CS(C)(=O)=O. The molecule has 1 atom stereocenters. The number of rotatable bonds is 7. The third-order valence-electron chi connectivity index (χ3n) is 2.00. The summed E-state index contributed by atoms with van der Waals surface area (Å²) in [7, 11) is -7.76. The number of aliphatic carboxylic acids is 1. The van der Waals surface area contributed by atoms with Gasteiger partial charge < -0.3 is 5.11 Å². The van der Waals surface area contributed by atoms with Crippen molar-refractivity contribution in [2.24, 2.45) is 5.41 Å². The van der Waals surface area contributed by atoms with E-state index in [9.17, 15) is 21.6 Å². The molecular weight excluding hydrogens is 294 g/mol. The second-order valence-corrected chi connectivity index (χ2v) is 10.1. The van der Waals surface area contributed by atoms with E-state index in [1.807, 2.05) is 20.8 Å². The molecule has 0 fully saturated rings. The van der Waals surface area contributed by atoms with E-state index < -0.39 is 37.0 Å². The molecule has 0 heterocycles. The van der Waals surface area contributed by atoms with Gasteiger partial charge in [0, 0.05) is 12.3 Å². The van der Waals surface area contributed by atoms with Crippen LogP contribution in [0.1, 0.15) is 33.6 Å². The van der Waals surface area contributed by atoms with E-state index in [2.05, 4.69) is 4.72 Å². The molecule has 0 aliphatic carbocycles. The van der Waals surface area contributed by atoms with Gasteiger partial charge in [-0.3, -0.25) is 4.79 Å². The van der Waals surface area contributed by atoms with E-state index in [4.69, 9.17) is 5.11 Å². The minimum absolute atomic E-state index is 0.284. The Morgan fingerprint density at radius 3 is 2.00 bits per heavy atom. The van der Waals surface area contributed by atoms with E-state index >= 15 is 0 Å². The molecule has 0 aliphatic rings. The fraction of sp³-hybridized carbons (Fsp3) is 0.900. The minimum atomic E-state index is -4.06. The molecule has 0 aromatic carbocycles. The van der Waals surface area contributed by atoms with Crippen LogP contribution in [0.15, 0.2) is 0 Å². The van der Waals surface area contributed by atoms with Crippen LogP contribution in [-0.4, -0.2) is 45.3 Å². The first-order valence-electron chi connectivity index (χ1n) is 5.60. The molecule has 0 spiro atoms. The molecule has 0 amide bonds. The Labute approximate surface area is 114 Å². The Morgan fingerprint density at radius 1 is 1.21 bits per heavy atom. The van der Waals surface area contributed by atoms with Crippen molar-refractivity contribution in [1.29, 1.82) is 0 Å². The van der Waals surface area contributed by atoms with Crippen LogP contribution in [0.5, 0.6) is 0 Å². The van der Waals surface area contributed by atoms with Crippen molar-refractivity contribution in [3.05, 3.63) is 0 Å². The van der Waals surface area contributed by atoms with Gasteiger partial charge in [0.2, 0.25) is 10.0 Å². The van der Waals surface area contributed by atoms with Crippen molar-refractivity contribution >= 4 is 25.8 Å². The Kier molecular flexibility index (Phi) is 5.97. The van der Waals surface area contributed by atoms with Crippen LogP contribution in [-0.2, 0) is 24.7 Å². The highest BCUT2D eigenvalue weighted by molar-refractivity contribution is 8.06. The van der Waals surface area contributed by atoms with Gasteiger partial charge in [-0.15, -0.1) is 0 Å². The van der Waals surface area contributed by atoms with Gasteiger partial charge in [0.15, 0.2) is 14.9 Å². The highest BCUT2D eigenvalue weighted by Gasteiger charge is 2.27. The Bertz CT molecular complexity index is 515. The van der Waals surface area contributed by atoms with Gasteiger partial charge in [0.25, 0.3) is 0 Å². The summed E-state index contributed by atoms with van der Waals surface area (Å²) >= 11 is 0. The molecule has 19 heavy (non-hydrogen) atoms. The Morgan fingerprint density at radius 2 is 1.68 bits per heavy atom. The maximum Gasteiger partial charge on any atom is 0.304 e. The van der Waals surface area contributed by atoms with Crippen molar-refractivity contribution < 1.29 is 26.7 Å². The first kappa shape index (κ1) is 18.3. The second kappa shape index (κ2) is 6.19. The van der Waals surface area contributed by atoms with Gasteiger partial charge in [0.1, 0.15) is 0 Å². The molecule has 0 rings (SSSR count). The minimum Gasteiger partial charge on any atom is -0.481 e. The van der Waals surface area contributed by atoms with E-state index in [-0.39, 0.29) is 11.8 Å². The van der Waals surface area contributed by atoms with E-state index in [0.717, 1.165) is 6.26 Å². The van der Waals surface area contributed by atoms with Gasteiger partial charge in [-0.1, -0.05) is 20.8 Å². The molecule has 1 unspecified atom stereocenters. The smallest absolute Gasteiger partial charge is 0.304 e. The lowest BCUT2D eigenvalue weighted by Crippen LogP contribution is -2.41. The maximum absolute atomic E-state index is 11.6. The maximum atomic E-state index is 11.6. The topological polar surface area (TPSA) is 118 Å². The molecule has 114 valence electrons. The lowest BCUT2D eigenvalue weighted by molar-refractivity contribution is -0.137. The first-order chi connectivity index (χ1) is 8.20. The summed E-state index contributed by atoms with van der Waals surface area (Å²) in [6.07, 6.45) is 0.713. The lowest BCUT2D eigenvalue weighted by atomic mass is 9.87. The van der Waals surface area contributed by atoms with Crippen LogP contribution in [0.2, 0.25) is 0 Å². The number of hydrogen-bond acceptors (Lipinski definition) is 5. The summed E-state index contributed by atoms with van der Waals surface area (Å²) in [6.45, 7) is 5.52. The average molecular weight is 315 g/mol. The fourth-order valence-corrected chi connectivity index (χ4v) is 4.88. The van der Waals surface area contributed by atoms with Crippen LogP contribution in [0.25, 0.3) is 0 Å². The lowest BCUT2D eigenvalue weighted by Gasteiger charge is -2.25. The summed E-state index contributed by atoms with van der Waals surface area (Å²) in [4.78, 5) is 10.7. The monoisotopic (exact) mass is 315 g/mol. The van der Waals surface area contributed by atoms with Gasteiger partial charge >= 0.3 is 5.97 Å². The van der Waals surface area contributed by atoms with Crippen LogP contribution in [0.3, 0.4) is 0 Å². The summed E-state index contributed by atoms with van der Waals surface area (Å²) in [5, 5.41) is 7.72. The number of hydrogen-bond donors (Lipinski definition) is 2. The number of carboxylic acid groups (broad SMARTS) is 1. The summed E-state index contributed by atoms with van der Waals surface area (Å²) in [6, 6.07) is -0.829. The zero-order valence-corrected chi connectivity index (χ0v) is 13.1. The molecule has 0 bridgehead atoms. The second-order valence-electron chi connectivity index (χ2n) is 5.84. The fourth-order valence-electron chi connectivity index (χ4n) is 1.68. The number of carbonyl (C=O) groups is 1. The number of carboxylic acids is 1. The van der Waals surface area contributed by atoms with E-state index in [0.29, 0.717) is 6.42 Å². The average Bonchev–Trinajstić information content (AvgIpc) is 1.89. The summed E-state index contributed by atoms with van der Waals surface area (Å²) < 4.78 is 47.4. The molecule has 0 radical (unpaired) electrons. The van der Waals surface area contributed by atoms with Crippen LogP contribution in [0, 0.1) is 5.41 Å². The Hall–Kier alpha value is -0.670. The van der Waals surface area contributed by atoms with Crippen LogP contribution < -0.4 is 4.72 Å². The zero-order valence-electron chi connectivity index (χ0n) is 11.5. The van der Waals surface area contributed by atoms with Crippen molar-refractivity contribution in [2.45, 2.75) is 39.7 Å². The molecular formula is C10H21NO6S2. The first-order valence-corrected chi connectivity index (χ1v) is 9.31. The van der Waals surface area contributed by atoms with Gasteiger partial charge in [-0.2, -0.15) is 0 Å². The number of sulfone groups is 1. The molecule has 0 saturated heterocycles. The van der Waals surface area contributed by atoms with E-state index in [1.54, 1.807) is 0 Å². The van der Waals surface area contributed by atoms with Crippen molar-refractivity contribution in [2.75, 3.05) is 11.3 Å². The summed E-state index contributed by atoms with van der Waals surface area (Å²) in [5.41, 5.74) is -0.284. The molecule has 0 saturated carbocycles.